The Hall–Kier alpha value is -6.00. The summed E-state index contributed by atoms with van der Waals surface area (Å²) >= 11 is 19.0. The van der Waals surface area contributed by atoms with Crippen LogP contribution in [0.5, 0.6) is 0 Å². The van der Waals surface area contributed by atoms with Crippen LogP contribution in [0.2, 0.25) is 15.2 Å². The van der Waals surface area contributed by atoms with Gasteiger partial charge >= 0.3 is 0 Å². The van der Waals surface area contributed by atoms with Gasteiger partial charge in [0, 0.05) is 38.1 Å². The molecule has 2 aliphatic rings. The zero-order chi connectivity index (χ0) is 38.5. The third kappa shape index (κ3) is 6.20. The molecule has 0 fully saturated rings. The Bertz CT molecular complexity index is 2670. The van der Waals surface area contributed by atoms with Gasteiger partial charge in [0.05, 0.1) is 56.8 Å². The largest absolute Gasteiger partial charge is 0.269 e. The lowest BCUT2D eigenvalue weighted by molar-refractivity contribution is 0.0579. The van der Waals surface area contributed by atoms with Crippen LogP contribution in [-0.4, -0.2) is 48.4 Å². The Morgan fingerprint density at radius 1 is 0.509 bits per heavy atom. The van der Waals surface area contributed by atoms with E-state index >= 15 is 0 Å². The maximum atomic E-state index is 13.0. The first-order valence-electron chi connectivity index (χ1n) is 17.2. The maximum Gasteiger partial charge on any atom is 0.262 e. The van der Waals surface area contributed by atoms with E-state index in [-0.39, 0.29) is 28.8 Å². The number of halogens is 3. The summed E-state index contributed by atoms with van der Waals surface area (Å²) in [6.45, 7) is 3.58. The molecule has 3 aromatic heterocycles. The molecule has 0 aliphatic carbocycles. The van der Waals surface area contributed by atoms with Crippen LogP contribution >= 0.6 is 34.8 Å². The fourth-order valence-electron chi connectivity index (χ4n) is 7.04. The molecule has 2 unspecified atom stereocenters. The summed E-state index contributed by atoms with van der Waals surface area (Å²) in [7, 11) is 0. The molecular formula is C43H28Cl3N5O4. The van der Waals surface area contributed by atoms with Gasteiger partial charge in [-0.3, -0.25) is 34.0 Å². The zero-order valence-electron chi connectivity index (χ0n) is 29.2. The van der Waals surface area contributed by atoms with Gasteiger partial charge in [-0.1, -0.05) is 77.3 Å². The van der Waals surface area contributed by atoms with Crippen molar-refractivity contribution >= 4 is 80.2 Å². The molecule has 12 heteroatoms. The second-order valence-corrected chi connectivity index (χ2v) is 14.2. The van der Waals surface area contributed by atoms with Crippen molar-refractivity contribution in [1.82, 2.24) is 24.8 Å². The number of pyridine rings is 3. The third-order valence-corrected chi connectivity index (χ3v) is 10.8. The molecule has 0 spiro atoms. The Kier molecular flexibility index (Phi) is 9.38. The van der Waals surface area contributed by atoms with Crippen molar-refractivity contribution in [1.29, 1.82) is 0 Å². The second-order valence-electron chi connectivity index (χ2n) is 13.0. The average molecular weight is 785 g/mol. The van der Waals surface area contributed by atoms with Crippen LogP contribution in [0.15, 0.2) is 121 Å². The summed E-state index contributed by atoms with van der Waals surface area (Å²) in [5.74, 6) is -1.28. The minimum absolute atomic E-state index is 0.249. The highest BCUT2D eigenvalue weighted by Gasteiger charge is 2.41. The molecule has 55 heavy (non-hydrogen) atoms. The lowest BCUT2D eigenvalue weighted by Crippen LogP contribution is -2.33. The molecule has 0 bridgehead atoms. The SMILES string of the molecule is CC(c1cc2c(Cl)cccc2nc1-c1ccccn1)N1C(=O)c2ccccc2C1=O.CC(c1cc2c(Cl)cccc2nc1Cl)N1C(=O)c2ccccc2C1=O. The molecule has 0 saturated heterocycles. The molecule has 2 atom stereocenters. The summed E-state index contributed by atoms with van der Waals surface area (Å²) < 4.78 is 0. The number of carbonyl (C=O) groups is 4. The highest BCUT2D eigenvalue weighted by Crippen LogP contribution is 2.39. The lowest BCUT2D eigenvalue weighted by Gasteiger charge is -2.25. The van der Waals surface area contributed by atoms with Crippen LogP contribution in [0.1, 0.15) is 78.5 Å². The van der Waals surface area contributed by atoms with Gasteiger partial charge in [0.1, 0.15) is 5.15 Å². The molecular weight excluding hydrogens is 757 g/mol. The van der Waals surface area contributed by atoms with Crippen LogP contribution in [0.25, 0.3) is 33.2 Å². The number of benzene rings is 4. The van der Waals surface area contributed by atoms with Crippen LogP contribution in [0, 0.1) is 0 Å². The summed E-state index contributed by atoms with van der Waals surface area (Å²) in [6.07, 6.45) is 1.69. The summed E-state index contributed by atoms with van der Waals surface area (Å²) in [5.41, 5.74) is 5.61. The van der Waals surface area contributed by atoms with Crippen molar-refractivity contribution in [3.05, 3.63) is 170 Å². The van der Waals surface area contributed by atoms with E-state index in [1.165, 1.54) is 9.80 Å². The van der Waals surface area contributed by atoms with E-state index < -0.39 is 12.1 Å². The summed E-state index contributed by atoms with van der Waals surface area (Å²) in [6, 6.07) is 32.7. The first-order chi connectivity index (χ1) is 26.5. The lowest BCUT2D eigenvalue weighted by atomic mass is 10.00. The van der Waals surface area contributed by atoms with Crippen LogP contribution in [-0.2, 0) is 0 Å². The summed E-state index contributed by atoms with van der Waals surface area (Å²) in [4.78, 5) is 67.6. The highest BCUT2D eigenvalue weighted by atomic mass is 35.5. The van der Waals surface area contributed by atoms with E-state index in [2.05, 4.69) is 9.97 Å². The highest BCUT2D eigenvalue weighted by molar-refractivity contribution is 6.36. The minimum Gasteiger partial charge on any atom is -0.269 e. The molecule has 0 radical (unpaired) electrons. The fraction of sp³-hybridized carbons (Fsp3) is 0.0930. The van der Waals surface area contributed by atoms with E-state index in [1.807, 2.05) is 49.4 Å². The van der Waals surface area contributed by atoms with Gasteiger partial charge in [0.2, 0.25) is 0 Å². The minimum atomic E-state index is -0.562. The Balaban J connectivity index is 0.000000158. The standard InChI is InChI=1S/C24H16ClN3O2.C19H12Cl2N2O2/c1-14(28-23(29)15-7-2-3-8-16(15)24(28)30)17-13-18-19(25)9-6-11-20(18)27-22(17)21-10-4-5-12-26-21;1-10(23-18(24)11-5-2-3-6-12(11)19(23)25)13-9-14-15(20)7-4-8-16(14)22-17(13)21/h2-14H,1H3;2-10H,1H3. The normalized spacial score (nSPS) is 14.6. The number of hydrogen-bond acceptors (Lipinski definition) is 7. The first kappa shape index (κ1) is 36.0. The molecule has 5 heterocycles. The topological polar surface area (TPSA) is 113 Å². The fourth-order valence-corrected chi connectivity index (χ4v) is 7.79. The number of amides is 4. The van der Waals surface area contributed by atoms with Crippen molar-refractivity contribution in [2.75, 3.05) is 0 Å². The second kappa shape index (κ2) is 14.3. The molecule has 2 aliphatic heterocycles. The van der Waals surface area contributed by atoms with Crippen molar-refractivity contribution in [2.45, 2.75) is 25.9 Å². The van der Waals surface area contributed by atoms with E-state index in [4.69, 9.17) is 39.8 Å². The van der Waals surface area contributed by atoms with Crippen LogP contribution in [0.3, 0.4) is 0 Å². The van der Waals surface area contributed by atoms with E-state index in [0.717, 1.165) is 16.3 Å². The third-order valence-electron chi connectivity index (χ3n) is 9.86. The number of fused-ring (bicyclic) bond motifs is 4. The van der Waals surface area contributed by atoms with Gasteiger partial charge < -0.3 is 0 Å². The first-order valence-corrected chi connectivity index (χ1v) is 18.4. The van der Waals surface area contributed by atoms with Crippen molar-refractivity contribution < 1.29 is 19.2 Å². The molecule has 4 aromatic carbocycles. The van der Waals surface area contributed by atoms with Crippen molar-refractivity contribution in [3.63, 3.8) is 0 Å². The van der Waals surface area contributed by atoms with Crippen LogP contribution < -0.4 is 0 Å². The molecule has 0 N–H and O–H groups in total. The Morgan fingerprint density at radius 3 is 1.42 bits per heavy atom. The number of imide groups is 2. The molecule has 9 nitrogen and oxygen atoms in total. The zero-order valence-corrected chi connectivity index (χ0v) is 31.5. The van der Waals surface area contributed by atoms with Gasteiger partial charge in [0.15, 0.2) is 0 Å². The van der Waals surface area contributed by atoms with Crippen molar-refractivity contribution in [2.24, 2.45) is 0 Å². The van der Waals surface area contributed by atoms with E-state index in [9.17, 15) is 19.2 Å². The Labute approximate surface area is 330 Å². The van der Waals surface area contributed by atoms with Crippen LogP contribution in [0.4, 0.5) is 0 Å². The summed E-state index contributed by atoms with van der Waals surface area (Å²) in [5, 5.41) is 2.84. The number of hydrogen-bond donors (Lipinski definition) is 0. The molecule has 9 rings (SSSR count). The molecule has 4 amide bonds. The van der Waals surface area contributed by atoms with Gasteiger partial charge in [-0.05, 0) is 86.6 Å². The number of nitrogens with zero attached hydrogens (tertiary/aromatic N) is 5. The van der Waals surface area contributed by atoms with Gasteiger partial charge in [0.25, 0.3) is 23.6 Å². The predicted octanol–water partition coefficient (Wildman–Crippen LogP) is 10.2. The number of aromatic nitrogens is 3. The van der Waals surface area contributed by atoms with Gasteiger partial charge in [-0.2, -0.15) is 0 Å². The molecule has 7 aromatic rings. The number of rotatable bonds is 5. The van der Waals surface area contributed by atoms with E-state index in [1.54, 1.807) is 85.9 Å². The smallest absolute Gasteiger partial charge is 0.262 e. The quantitative estimate of drug-likeness (QED) is 0.126. The maximum absolute atomic E-state index is 13.0. The number of carbonyl (C=O) groups excluding carboxylic acids is 4. The Morgan fingerprint density at radius 2 is 0.945 bits per heavy atom. The van der Waals surface area contributed by atoms with Gasteiger partial charge in [-0.25, -0.2) is 9.97 Å². The average Bonchev–Trinajstić information content (AvgIpc) is 3.61. The monoisotopic (exact) mass is 783 g/mol. The predicted molar refractivity (Wildman–Crippen MR) is 212 cm³/mol. The van der Waals surface area contributed by atoms with Gasteiger partial charge in [-0.15, -0.1) is 0 Å². The van der Waals surface area contributed by atoms with E-state index in [0.29, 0.717) is 60.3 Å². The molecule has 0 saturated carbocycles. The van der Waals surface area contributed by atoms with Crippen molar-refractivity contribution in [3.8, 4) is 11.4 Å². The molecule has 270 valence electrons.